The number of nitrogens with one attached hydrogen (secondary N) is 2. The molecule has 4 rings (SSSR count). The Morgan fingerprint density at radius 1 is 0.750 bits per heavy atom. The number of carbonyl (C=O) groups excluding carboxylic acids is 2. The van der Waals surface area contributed by atoms with Gasteiger partial charge >= 0.3 is 6.18 Å². The van der Waals surface area contributed by atoms with E-state index in [9.17, 15) is 32.3 Å². The van der Waals surface area contributed by atoms with Crippen molar-refractivity contribution in [2.75, 3.05) is 6.54 Å². The number of halogens is 3. The summed E-state index contributed by atoms with van der Waals surface area (Å²) in [6, 6.07) is 16.0. The number of hydrogen-bond acceptors (Lipinski definition) is 6. The second-order valence-corrected chi connectivity index (χ2v) is 9.41. The lowest BCUT2D eigenvalue weighted by molar-refractivity contribution is -0.123. The fourth-order valence-corrected chi connectivity index (χ4v) is 3.54. The van der Waals surface area contributed by atoms with Gasteiger partial charge in [-0.25, -0.2) is 9.97 Å². The Labute approximate surface area is 255 Å². The van der Waals surface area contributed by atoms with E-state index < -0.39 is 18.6 Å². The van der Waals surface area contributed by atoms with Crippen LogP contribution in [0.15, 0.2) is 95.3 Å². The smallest absolute Gasteiger partial charge is 0.350 e. The second kappa shape index (κ2) is 17.1. The summed E-state index contributed by atoms with van der Waals surface area (Å²) < 4.78 is 39.0. The first-order valence-electron chi connectivity index (χ1n) is 13.8. The van der Waals surface area contributed by atoms with Gasteiger partial charge in [-0.1, -0.05) is 38.1 Å². The fraction of sp³-hybridized carbons (Fsp3) is 0.290. The Morgan fingerprint density at radius 2 is 1.16 bits per heavy atom. The molecule has 0 bridgehead atoms. The third-order valence-corrected chi connectivity index (χ3v) is 5.59. The first-order valence-corrected chi connectivity index (χ1v) is 13.8. The van der Waals surface area contributed by atoms with Crippen molar-refractivity contribution in [2.24, 2.45) is 0 Å². The summed E-state index contributed by atoms with van der Waals surface area (Å²) in [4.78, 5) is 54.2. The minimum atomic E-state index is -4.45. The molecule has 0 aliphatic carbocycles. The van der Waals surface area contributed by atoms with Crippen molar-refractivity contribution in [3.63, 3.8) is 0 Å². The van der Waals surface area contributed by atoms with Crippen LogP contribution < -0.4 is 21.8 Å². The van der Waals surface area contributed by atoms with E-state index in [1.807, 2.05) is 39.8 Å². The molecule has 0 unspecified atom stereocenters. The van der Waals surface area contributed by atoms with Crippen molar-refractivity contribution in [3.05, 3.63) is 129 Å². The van der Waals surface area contributed by atoms with Gasteiger partial charge in [0.15, 0.2) is 0 Å². The van der Waals surface area contributed by atoms with E-state index in [1.165, 1.54) is 58.4 Å². The van der Waals surface area contributed by atoms with E-state index in [-0.39, 0.29) is 38.0 Å². The number of carbonyl (C=O) groups is 2. The number of nitrogens with zero attached hydrogens (tertiary/aromatic N) is 4. The highest BCUT2D eigenvalue weighted by atomic mass is 19.4. The fourth-order valence-electron chi connectivity index (χ4n) is 3.54. The highest BCUT2D eigenvalue weighted by Gasteiger charge is 2.27. The minimum absolute atomic E-state index is 0. The normalized spacial score (nSPS) is 10.5. The van der Waals surface area contributed by atoms with Gasteiger partial charge < -0.3 is 10.6 Å². The molecule has 2 aromatic heterocycles. The van der Waals surface area contributed by atoms with Crippen LogP contribution in [0.25, 0.3) is 0 Å². The van der Waals surface area contributed by atoms with E-state index in [0.717, 1.165) is 11.1 Å². The van der Waals surface area contributed by atoms with Crippen LogP contribution in [0.5, 0.6) is 0 Å². The van der Waals surface area contributed by atoms with Crippen LogP contribution in [0.1, 0.15) is 62.4 Å². The van der Waals surface area contributed by atoms with Crippen LogP contribution in [0, 0.1) is 0 Å². The molecule has 44 heavy (non-hydrogen) atoms. The van der Waals surface area contributed by atoms with Crippen LogP contribution in [-0.2, 0) is 13.1 Å². The standard InChI is InChI=1S/C15H17N3O2.C14H12F3N3O2.C2H6.2H2/c1-11(2)17-15(20)13-5-3-12(4-6-13)9-18-10-16-8-7-14(18)19;15-14(16,17)8-19-13(22)11-3-1-10(2-4-11)7-20-9-18-6-5-12(20)21;1-2;;/h3-8,10-11H,9H2,1-2H3,(H,17,20);1-6,9H,7-8H2,(H,19,22);1-2H3;2*1H. The summed E-state index contributed by atoms with van der Waals surface area (Å²) in [5, 5.41) is 4.62. The SMILES string of the molecule is CC.CC(C)NC(=O)c1ccc(Cn2cnccc2=O)cc1.O=C(NCC(F)(F)F)c1ccc(Cn2cnccc2=O)cc1.[HH].[HH]. The van der Waals surface area contributed by atoms with Crippen LogP contribution in [0.2, 0.25) is 0 Å². The molecule has 0 radical (unpaired) electrons. The zero-order valence-corrected chi connectivity index (χ0v) is 24.8. The molecule has 2 aromatic carbocycles. The Hall–Kier alpha value is -5.07. The zero-order chi connectivity index (χ0) is 32.7. The molecule has 2 heterocycles. The van der Waals surface area contributed by atoms with E-state index in [2.05, 4.69) is 15.3 Å². The van der Waals surface area contributed by atoms with Gasteiger partial charge in [0.25, 0.3) is 22.9 Å². The summed E-state index contributed by atoms with van der Waals surface area (Å²) in [5.41, 5.74) is 2.08. The van der Waals surface area contributed by atoms with E-state index in [0.29, 0.717) is 12.1 Å². The predicted octanol–water partition coefficient (Wildman–Crippen LogP) is 4.53. The largest absolute Gasteiger partial charge is 0.405 e. The van der Waals surface area contributed by atoms with Crippen LogP contribution in [0.3, 0.4) is 0 Å². The molecule has 2 amide bonds. The maximum Gasteiger partial charge on any atom is 0.405 e. The van der Waals surface area contributed by atoms with Crippen molar-refractivity contribution >= 4 is 11.8 Å². The van der Waals surface area contributed by atoms with Crippen molar-refractivity contribution in [1.29, 1.82) is 0 Å². The third kappa shape index (κ3) is 12.0. The van der Waals surface area contributed by atoms with Crippen molar-refractivity contribution in [2.45, 2.75) is 53.0 Å². The summed E-state index contributed by atoms with van der Waals surface area (Å²) in [6.07, 6.45) is 1.29. The van der Waals surface area contributed by atoms with Gasteiger partial charge in [-0.3, -0.25) is 28.3 Å². The van der Waals surface area contributed by atoms with E-state index in [4.69, 9.17) is 0 Å². The lowest BCUT2D eigenvalue weighted by Crippen LogP contribution is -2.33. The van der Waals surface area contributed by atoms with Crippen LogP contribution in [0.4, 0.5) is 13.2 Å². The molecule has 0 fully saturated rings. The third-order valence-electron chi connectivity index (χ3n) is 5.59. The van der Waals surface area contributed by atoms with Crippen LogP contribution >= 0.6 is 0 Å². The first-order chi connectivity index (χ1) is 20.9. The number of benzene rings is 2. The summed E-state index contributed by atoms with van der Waals surface area (Å²) in [5.74, 6) is -0.896. The Balaban J connectivity index is 0.000000805. The number of aromatic nitrogens is 4. The van der Waals surface area contributed by atoms with E-state index in [1.54, 1.807) is 29.6 Å². The van der Waals surface area contributed by atoms with Crippen LogP contribution in [-0.4, -0.2) is 49.7 Å². The lowest BCUT2D eigenvalue weighted by Gasteiger charge is -2.09. The van der Waals surface area contributed by atoms with E-state index >= 15 is 0 Å². The second-order valence-electron chi connectivity index (χ2n) is 9.41. The Morgan fingerprint density at radius 3 is 1.52 bits per heavy atom. The van der Waals surface area contributed by atoms with Crippen molar-refractivity contribution < 1.29 is 25.6 Å². The summed E-state index contributed by atoms with van der Waals surface area (Å²) in [7, 11) is 0. The maximum absolute atomic E-state index is 12.0. The van der Waals surface area contributed by atoms with Gasteiger partial charge in [0.05, 0.1) is 25.7 Å². The predicted molar refractivity (Wildman–Crippen MR) is 165 cm³/mol. The quantitative estimate of drug-likeness (QED) is 0.300. The topological polar surface area (TPSA) is 128 Å². The summed E-state index contributed by atoms with van der Waals surface area (Å²) >= 11 is 0. The molecule has 4 aromatic rings. The van der Waals surface area contributed by atoms with Gasteiger partial charge in [-0.2, -0.15) is 13.2 Å². The average Bonchev–Trinajstić information content (AvgIpc) is 3.00. The number of alkyl halides is 3. The molecule has 0 spiro atoms. The monoisotopic (exact) mass is 616 g/mol. The van der Waals surface area contributed by atoms with Gasteiger partial charge in [-0.15, -0.1) is 0 Å². The van der Waals surface area contributed by atoms with Gasteiger partial charge in [0.1, 0.15) is 6.54 Å². The first kappa shape index (κ1) is 35.1. The highest BCUT2D eigenvalue weighted by molar-refractivity contribution is 5.94. The van der Waals surface area contributed by atoms with Gasteiger partial charge in [0, 0.05) is 44.5 Å². The van der Waals surface area contributed by atoms with Gasteiger partial charge in [0.2, 0.25) is 0 Å². The number of amides is 2. The number of rotatable bonds is 8. The minimum Gasteiger partial charge on any atom is -0.350 e. The zero-order valence-electron chi connectivity index (χ0n) is 24.8. The Bertz CT molecular complexity index is 1610. The number of hydrogen-bond donors (Lipinski definition) is 2. The molecule has 13 heteroatoms. The lowest BCUT2D eigenvalue weighted by atomic mass is 10.1. The molecule has 2 N–H and O–H groups in total. The summed E-state index contributed by atoms with van der Waals surface area (Å²) in [6.45, 7) is 7.16. The average molecular weight is 617 g/mol. The molecule has 0 atom stereocenters. The highest BCUT2D eigenvalue weighted by Crippen LogP contribution is 2.13. The molecule has 0 aliphatic heterocycles. The Kier molecular flexibility index (Phi) is 13.7. The molecule has 0 saturated carbocycles. The van der Waals surface area contributed by atoms with Gasteiger partial charge in [-0.05, 0) is 49.2 Å². The van der Waals surface area contributed by atoms with Crippen molar-refractivity contribution in [3.8, 4) is 0 Å². The maximum atomic E-state index is 12.0. The molecular weight excluding hydrogens is 577 g/mol. The molecule has 10 nitrogen and oxygen atoms in total. The molecule has 0 saturated heterocycles. The molecule has 0 aliphatic rings. The molecular formula is C31H39F3N6O4. The van der Waals surface area contributed by atoms with Crippen molar-refractivity contribution in [1.82, 2.24) is 29.7 Å². The molecule has 238 valence electrons.